The minimum atomic E-state index is -0.351. The number of pyridine rings is 1. The maximum Gasteiger partial charge on any atom is 0.291 e. The minimum Gasteiger partial charge on any atom is -0.489 e. The normalized spacial score (nSPS) is 10.4. The zero-order chi connectivity index (χ0) is 20.6. The number of rotatable bonds is 8. The first-order valence-electron chi connectivity index (χ1n) is 9.45. The van der Waals surface area contributed by atoms with Gasteiger partial charge in [0.1, 0.15) is 24.7 Å². The van der Waals surface area contributed by atoms with Gasteiger partial charge in [-0.1, -0.05) is 30.3 Å². The topological polar surface area (TPSA) is 73.6 Å². The number of hydrogen-bond donors (Lipinski definition) is 1. The van der Waals surface area contributed by atoms with E-state index in [-0.39, 0.29) is 18.3 Å². The molecule has 0 aliphatic heterocycles. The zero-order valence-electron chi connectivity index (χ0n) is 16.2. The maximum absolute atomic E-state index is 12.7. The van der Waals surface area contributed by atoms with Gasteiger partial charge in [0, 0.05) is 35.3 Å². The molecule has 0 aliphatic rings. The first-order chi connectivity index (χ1) is 14.8. The van der Waals surface area contributed by atoms with Gasteiger partial charge in [-0.15, -0.1) is 0 Å². The van der Waals surface area contributed by atoms with Gasteiger partial charge >= 0.3 is 0 Å². The van der Waals surface area contributed by atoms with Gasteiger partial charge in [-0.3, -0.25) is 9.78 Å². The summed E-state index contributed by atoms with van der Waals surface area (Å²) < 4.78 is 16.9. The van der Waals surface area contributed by atoms with Crippen molar-refractivity contribution in [1.82, 2.24) is 4.98 Å². The fourth-order valence-corrected chi connectivity index (χ4v) is 2.83. The summed E-state index contributed by atoms with van der Waals surface area (Å²) in [4.78, 5) is 16.8. The van der Waals surface area contributed by atoms with Crippen LogP contribution < -0.4 is 14.8 Å². The van der Waals surface area contributed by atoms with Gasteiger partial charge in [0.05, 0.1) is 6.26 Å². The highest BCUT2D eigenvalue weighted by molar-refractivity contribution is 6.03. The average Bonchev–Trinajstić information content (AvgIpc) is 3.27. The number of hydrogen-bond acceptors (Lipinski definition) is 5. The van der Waals surface area contributed by atoms with Gasteiger partial charge < -0.3 is 19.2 Å². The van der Waals surface area contributed by atoms with Crippen LogP contribution in [0.3, 0.4) is 0 Å². The number of carbonyl (C=O) groups excluding carboxylic acids is 1. The van der Waals surface area contributed by atoms with Crippen molar-refractivity contribution >= 4 is 11.6 Å². The molecule has 0 saturated heterocycles. The first-order valence-corrected chi connectivity index (χ1v) is 9.45. The number of ether oxygens (including phenoxy) is 2. The van der Waals surface area contributed by atoms with Crippen LogP contribution in [0.4, 0.5) is 5.69 Å². The van der Waals surface area contributed by atoms with E-state index in [9.17, 15) is 4.79 Å². The predicted octanol–water partition coefficient (Wildman–Crippen LogP) is 5.08. The molecule has 0 atom stereocenters. The van der Waals surface area contributed by atoms with Crippen LogP contribution in [0, 0.1) is 0 Å². The molecule has 0 aliphatic carbocycles. The van der Waals surface area contributed by atoms with Crippen molar-refractivity contribution < 1.29 is 18.7 Å². The van der Waals surface area contributed by atoms with Gasteiger partial charge in [-0.2, -0.15) is 0 Å². The second-order valence-corrected chi connectivity index (χ2v) is 6.51. The summed E-state index contributed by atoms with van der Waals surface area (Å²) >= 11 is 0. The second-order valence-electron chi connectivity index (χ2n) is 6.51. The first kappa shape index (κ1) is 19.3. The molecule has 0 radical (unpaired) electrons. The minimum absolute atomic E-state index is 0.215. The Balaban J connectivity index is 1.38. The lowest BCUT2D eigenvalue weighted by Gasteiger charge is -2.10. The monoisotopic (exact) mass is 400 g/mol. The molecule has 2 heterocycles. The van der Waals surface area contributed by atoms with E-state index in [2.05, 4.69) is 10.3 Å². The molecule has 4 rings (SSSR count). The summed E-state index contributed by atoms with van der Waals surface area (Å²) in [7, 11) is 0. The second kappa shape index (κ2) is 9.43. The highest BCUT2D eigenvalue weighted by Crippen LogP contribution is 2.21. The molecule has 4 aromatic rings. The van der Waals surface area contributed by atoms with Crippen LogP contribution in [0.2, 0.25) is 0 Å². The van der Waals surface area contributed by atoms with Gasteiger partial charge in [0.15, 0.2) is 5.76 Å². The summed E-state index contributed by atoms with van der Waals surface area (Å²) in [6, 6.07) is 22.1. The Morgan fingerprint density at radius 1 is 0.900 bits per heavy atom. The number of nitrogens with zero attached hydrogens (tertiary/aromatic N) is 1. The number of furan rings is 1. The molecule has 1 N–H and O–H groups in total. The van der Waals surface area contributed by atoms with Crippen LogP contribution in [0.25, 0.3) is 0 Å². The van der Waals surface area contributed by atoms with Crippen LogP contribution in [0.5, 0.6) is 11.5 Å². The molecule has 6 nitrogen and oxygen atoms in total. The molecule has 0 spiro atoms. The Bertz CT molecular complexity index is 1090. The molecule has 6 heteroatoms. The Hall–Kier alpha value is -4.06. The summed E-state index contributed by atoms with van der Waals surface area (Å²) in [6.45, 7) is 0.627. The molecule has 1 amide bonds. The van der Waals surface area contributed by atoms with Crippen LogP contribution in [0.1, 0.15) is 21.7 Å². The van der Waals surface area contributed by atoms with E-state index in [0.29, 0.717) is 23.6 Å². The van der Waals surface area contributed by atoms with E-state index in [1.807, 2.05) is 54.6 Å². The molecule has 0 bridgehead atoms. The number of nitrogens with one attached hydrogen (secondary N) is 1. The molecular weight excluding hydrogens is 380 g/mol. The third kappa shape index (κ3) is 5.05. The predicted molar refractivity (Wildman–Crippen MR) is 112 cm³/mol. The van der Waals surface area contributed by atoms with Crippen molar-refractivity contribution in [3.05, 3.63) is 108 Å². The third-order valence-electron chi connectivity index (χ3n) is 4.31. The molecule has 0 saturated carbocycles. The summed E-state index contributed by atoms with van der Waals surface area (Å²) in [6.07, 6.45) is 4.95. The lowest BCUT2D eigenvalue weighted by molar-refractivity contribution is 0.0993. The van der Waals surface area contributed by atoms with E-state index in [0.717, 1.165) is 11.3 Å². The van der Waals surface area contributed by atoms with Crippen molar-refractivity contribution in [2.75, 3.05) is 5.32 Å². The van der Waals surface area contributed by atoms with Crippen LogP contribution in [-0.4, -0.2) is 10.9 Å². The van der Waals surface area contributed by atoms with Crippen molar-refractivity contribution in [2.24, 2.45) is 0 Å². The van der Waals surface area contributed by atoms with E-state index in [1.165, 1.54) is 6.26 Å². The van der Waals surface area contributed by atoms with Crippen LogP contribution in [0.15, 0.2) is 95.9 Å². The fourth-order valence-electron chi connectivity index (χ4n) is 2.83. The third-order valence-corrected chi connectivity index (χ3v) is 4.31. The maximum atomic E-state index is 12.7. The van der Waals surface area contributed by atoms with E-state index in [1.54, 1.807) is 30.6 Å². The zero-order valence-corrected chi connectivity index (χ0v) is 16.2. The largest absolute Gasteiger partial charge is 0.489 e. The fraction of sp³-hybridized carbons (Fsp3) is 0.0833. The van der Waals surface area contributed by atoms with E-state index < -0.39 is 0 Å². The summed E-state index contributed by atoms with van der Waals surface area (Å²) in [5.74, 6) is 1.23. The molecular formula is C24H20N2O4. The van der Waals surface area contributed by atoms with Crippen molar-refractivity contribution in [3.8, 4) is 11.5 Å². The number of anilines is 1. The highest BCUT2D eigenvalue weighted by Gasteiger charge is 2.16. The average molecular weight is 400 g/mol. The quantitative estimate of drug-likeness (QED) is 0.446. The number of benzene rings is 2. The Morgan fingerprint density at radius 2 is 1.73 bits per heavy atom. The van der Waals surface area contributed by atoms with Crippen molar-refractivity contribution in [2.45, 2.75) is 13.2 Å². The highest BCUT2D eigenvalue weighted by atomic mass is 16.5. The molecule has 2 aromatic carbocycles. The van der Waals surface area contributed by atoms with Crippen molar-refractivity contribution in [1.29, 1.82) is 0 Å². The molecule has 0 fully saturated rings. The van der Waals surface area contributed by atoms with Gasteiger partial charge in [0.2, 0.25) is 0 Å². The molecule has 150 valence electrons. The van der Waals surface area contributed by atoms with Gasteiger partial charge in [0.25, 0.3) is 5.91 Å². The van der Waals surface area contributed by atoms with Gasteiger partial charge in [-0.05, 0) is 36.4 Å². The van der Waals surface area contributed by atoms with Crippen LogP contribution >= 0.6 is 0 Å². The van der Waals surface area contributed by atoms with Crippen molar-refractivity contribution in [3.63, 3.8) is 0 Å². The summed E-state index contributed by atoms with van der Waals surface area (Å²) in [5.41, 5.74) is 2.24. The number of aromatic nitrogens is 1. The van der Waals surface area contributed by atoms with E-state index in [4.69, 9.17) is 13.9 Å². The number of para-hydroxylation sites is 1. The Morgan fingerprint density at radius 3 is 2.57 bits per heavy atom. The van der Waals surface area contributed by atoms with Crippen LogP contribution in [-0.2, 0) is 13.2 Å². The standard InChI is InChI=1S/C24H20N2O4/c27-24(23-19(11-13-28-23)17-30-21-8-2-1-3-9-21)26-20-7-4-10-22(14-20)29-16-18-6-5-12-25-15-18/h1-15H,16-17H2,(H,26,27). The number of carbonyl (C=O) groups is 1. The Labute approximate surface area is 174 Å². The van der Waals surface area contributed by atoms with Gasteiger partial charge in [-0.25, -0.2) is 0 Å². The lowest BCUT2D eigenvalue weighted by Crippen LogP contribution is -2.13. The SMILES string of the molecule is O=C(Nc1cccc(OCc2cccnc2)c1)c1occc1COc1ccccc1. The lowest BCUT2D eigenvalue weighted by atomic mass is 10.2. The Kier molecular flexibility index (Phi) is 6.05. The molecule has 0 unspecified atom stereocenters. The number of amides is 1. The molecule has 2 aromatic heterocycles. The molecule has 30 heavy (non-hydrogen) atoms. The smallest absolute Gasteiger partial charge is 0.291 e. The summed E-state index contributed by atoms with van der Waals surface area (Å²) in [5, 5.41) is 2.84. The van der Waals surface area contributed by atoms with E-state index >= 15 is 0 Å².